The first-order valence-corrected chi connectivity index (χ1v) is 11.6. The predicted molar refractivity (Wildman–Crippen MR) is 123 cm³/mol. The van der Waals surface area contributed by atoms with Crippen molar-refractivity contribution < 1.29 is 23.5 Å². The van der Waals surface area contributed by atoms with Crippen molar-refractivity contribution in [2.45, 2.75) is 19.3 Å². The molecule has 176 valence electrons. The van der Waals surface area contributed by atoms with Gasteiger partial charge in [0.05, 0.1) is 25.4 Å². The lowest BCUT2D eigenvalue weighted by Gasteiger charge is -2.43. The summed E-state index contributed by atoms with van der Waals surface area (Å²) >= 11 is 5.98. The number of morpholine rings is 1. The standard InChI is InChI=1S/C25H28ClFN2O4/c26-19-6-8-20(9-7-19)33-18-25(16-23(30)28-12-14-32-15-13-28)10-3-11-29(17-25)24(31)21-4-1-2-5-22(21)27/h1-2,4-9H,3,10-18H2/t25-/m1/s1. The summed E-state index contributed by atoms with van der Waals surface area (Å²) < 4.78 is 25.7. The van der Waals surface area contributed by atoms with Crippen molar-refractivity contribution in [1.82, 2.24) is 9.80 Å². The van der Waals surface area contributed by atoms with Gasteiger partial charge in [0.25, 0.3) is 5.91 Å². The third-order valence-corrected chi connectivity index (χ3v) is 6.55. The summed E-state index contributed by atoms with van der Waals surface area (Å²) in [6.07, 6.45) is 1.69. The van der Waals surface area contributed by atoms with Crippen molar-refractivity contribution >= 4 is 23.4 Å². The van der Waals surface area contributed by atoms with Gasteiger partial charge in [-0.25, -0.2) is 4.39 Å². The summed E-state index contributed by atoms with van der Waals surface area (Å²) in [7, 11) is 0. The predicted octanol–water partition coefficient (Wildman–Crippen LogP) is 4.03. The average Bonchev–Trinajstić information content (AvgIpc) is 2.84. The number of benzene rings is 2. The number of rotatable bonds is 6. The monoisotopic (exact) mass is 474 g/mol. The van der Waals surface area contributed by atoms with Gasteiger partial charge in [-0.15, -0.1) is 0 Å². The number of halogens is 2. The molecule has 2 heterocycles. The summed E-state index contributed by atoms with van der Waals surface area (Å²) in [5.41, 5.74) is -0.528. The summed E-state index contributed by atoms with van der Waals surface area (Å²) in [5.74, 6) is -0.226. The maximum absolute atomic E-state index is 14.3. The molecular formula is C25H28ClFN2O4. The summed E-state index contributed by atoms with van der Waals surface area (Å²) in [6.45, 7) is 3.28. The number of hydrogen-bond donors (Lipinski definition) is 0. The van der Waals surface area contributed by atoms with Gasteiger partial charge in [-0.2, -0.15) is 0 Å². The van der Waals surface area contributed by atoms with E-state index in [4.69, 9.17) is 21.1 Å². The molecule has 0 spiro atoms. The summed E-state index contributed by atoms with van der Waals surface area (Å²) in [5, 5.41) is 0.610. The van der Waals surface area contributed by atoms with Crippen molar-refractivity contribution in [3.63, 3.8) is 0 Å². The molecule has 0 unspecified atom stereocenters. The fourth-order valence-electron chi connectivity index (χ4n) is 4.51. The number of hydrogen-bond acceptors (Lipinski definition) is 4. The van der Waals surface area contributed by atoms with Crippen molar-refractivity contribution in [3.8, 4) is 5.75 Å². The molecule has 0 aromatic heterocycles. The highest BCUT2D eigenvalue weighted by atomic mass is 35.5. The Morgan fingerprint density at radius 1 is 1.03 bits per heavy atom. The second-order valence-electron chi connectivity index (χ2n) is 8.72. The molecule has 2 aliphatic heterocycles. The SMILES string of the molecule is O=C(C[C@]1(COc2ccc(Cl)cc2)CCCN(C(=O)c2ccccc2F)C1)N1CCOCC1. The lowest BCUT2D eigenvalue weighted by molar-refractivity contribution is -0.139. The van der Waals surface area contributed by atoms with Gasteiger partial charge in [0.2, 0.25) is 5.91 Å². The molecule has 33 heavy (non-hydrogen) atoms. The van der Waals surface area contributed by atoms with E-state index >= 15 is 0 Å². The lowest BCUT2D eigenvalue weighted by Crippen LogP contribution is -2.52. The van der Waals surface area contributed by atoms with E-state index in [-0.39, 0.29) is 30.4 Å². The molecule has 2 amide bonds. The molecule has 8 heteroatoms. The molecule has 2 saturated heterocycles. The Kier molecular flexibility index (Phi) is 7.50. The molecule has 4 rings (SSSR count). The summed E-state index contributed by atoms with van der Waals surface area (Å²) in [4.78, 5) is 29.8. The second-order valence-corrected chi connectivity index (χ2v) is 9.16. The van der Waals surface area contributed by atoms with Crippen LogP contribution in [0, 0.1) is 11.2 Å². The van der Waals surface area contributed by atoms with Gasteiger partial charge in [-0.1, -0.05) is 23.7 Å². The van der Waals surface area contributed by atoms with E-state index in [1.807, 2.05) is 4.90 Å². The molecule has 1 atom stereocenters. The largest absolute Gasteiger partial charge is 0.493 e. The number of carbonyl (C=O) groups excluding carboxylic acids is 2. The Hall–Kier alpha value is -2.64. The third-order valence-electron chi connectivity index (χ3n) is 6.30. The number of likely N-dealkylation sites (tertiary alicyclic amines) is 1. The van der Waals surface area contributed by atoms with Crippen LogP contribution in [0.15, 0.2) is 48.5 Å². The molecule has 2 aromatic rings. The molecule has 0 bridgehead atoms. The van der Waals surface area contributed by atoms with Gasteiger partial charge in [-0.3, -0.25) is 9.59 Å². The third kappa shape index (κ3) is 5.84. The van der Waals surface area contributed by atoms with Crippen LogP contribution in [0.3, 0.4) is 0 Å². The van der Waals surface area contributed by atoms with Crippen molar-refractivity contribution in [1.29, 1.82) is 0 Å². The molecule has 0 radical (unpaired) electrons. The quantitative estimate of drug-likeness (QED) is 0.634. The molecule has 0 N–H and O–H groups in total. The van der Waals surface area contributed by atoms with Gasteiger partial charge in [-0.05, 0) is 49.2 Å². The molecule has 6 nitrogen and oxygen atoms in total. The minimum absolute atomic E-state index is 0.0261. The number of piperidine rings is 1. The van der Waals surface area contributed by atoms with Crippen LogP contribution in [0.4, 0.5) is 4.39 Å². The van der Waals surface area contributed by atoms with Crippen LogP contribution < -0.4 is 4.74 Å². The van der Waals surface area contributed by atoms with E-state index in [9.17, 15) is 14.0 Å². The van der Waals surface area contributed by atoms with Crippen molar-refractivity contribution in [3.05, 3.63) is 64.9 Å². The van der Waals surface area contributed by atoms with E-state index in [0.717, 1.165) is 6.42 Å². The average molecular weight is 475 g/mol. The first-order valence-electron chi connectivity index (χ1n) is 11.2. The van der Waals surface area contributed by atoms with Crippen molar-refractivity contribution in [2.24, 2.45) is 5.41 Å². The van der Waals surface area contributed by atoms with Crippen LogP contribution in [0.25, 0.3) is 0 Å². The van der Waals surface area contributed by atoms with Crippen LogP contribution in [-0.4, -0.2) is 67.6 Å². The highest BCUT2D eigenvalue weighted by molar-refractivity contribution is 6.30. The Morgan fingerprint density at radius 2 is 1.76 bits per heavy atom. The smallest absolute Gasteiger partial charge is 0.256 e. The zero-order chi connectivity index (χ0) is 23.3. The van der Waals surface area contributed by atoms with E-state index in [2.05, 4.69) is 0 Å². The Balaban J connectivity index is 1.54. The zero-order valence-corrected chi connectivity index (χ0v) is 19.2. The lowest BCUT2D eigenvalue weighted by atomic mass is 9.77. The Morgan fingerprint density at radius 3 is 2.48 bits per heavy atom. The van der Waals surface area contributed by atoms with Crippen molar-refractivity contribution in [2.75, 3.05) is 46.0 Å². The molecule has 0 aliphatic carbocycles. The van der Waals surface area contributed by atoms with Crippen LogP contribution in [-0.2, 0) is 9.53 Å². The Bertz CT molecular complexity index is 981. The minimum Gasteiger partial charge on any atom is -0.493 e. The number of ether oxygens (including phenoxy) is 2. The normalized spacial score (nSPS) is 21.0. The minimum atomic E-state index is -0.575. The highest BCUT2D eigenvalue weighted by Crippen LogP contribution is 2.36. The fourth-order valence-corrected chi connectivity index (χ4v) is 4.64. The van der Waals surface area contributed by atoms with E-state index < -0.39 is 11.2 Å². The van der Waals surface area contributed by atoms with Crippen LogP contribution in [0.1, 0.15) is 29.6 Å². The van der Waals surface area contributed by atoms with Gasteiger partial charge in [0, 0.05) is 43.0 Å². The highest BCUT2D eigenvalue weighted by Gasteiger charge is 2.41. The molecule has 0 saturated carbocycles. The maximum atomic E-state index is 14.3. The van der Waals surface area contributed by atoms with E-state index in [1.54, 1.807) is 41.3 Å². The summed E-state index contributed by atoms with van der Waals surface area (Å²) in [6, 6.07) is 13.1. The second kappa shape index (κ2) is 10.5. The topological polar surface area (TPSA) is 59.1 Å². The van der Waals surface area contributed by atoms with Gasteiger partial charge < -0.3 is 19.3 Å². The van der Waals surface area contributed by atoms with Crippen LogP contribution in [0.2, 0.25) is 5.02 Å². The van der Waals surface area contributed by atoms with E-state index in [1.165, 1.54) is 12.1 Å². The van der Waals surface area contributed by atoms with Crippen LogP contribution in [0.5, 0.6) is 5.75 Å². The van der Waals surface area contributed by atoms with Gasteiger partial charge in [0.1, 0.15) is 11.6 Å². The van der Waals surface area contributed by atoms with Gasteiger partial charge in [0.15, 0.2) is 0 Å². The number of nitrogens with zero attached hydrogens (tertiary/aromatic N) is 2. The van der Waals surface area contributed by atoms with Crippen LogP contribution >= 0.6 is 11.6 Å². The Labute approximate surface area is 198 Å². The molecule has 2 fully saturated rings. The van der Waals surface area contributed by atoms with Gasteiger partial charge >= 0.3 is 0 Å². The maximum Gasteiger partial charge on any atom is 0.256 e. The first kappa shape index (κ1) is 23.5. The van der Waals surface area contributed by atoms with E-state index in [0.29, 0.717) is 56.6 Å². The molecular weight excluding hydrogens is 447 g/mol. The molecule has 2 aromatic carbocycles. The zero-order valence-electron chi connectivity index (χ0n) is 18.5. The number of carbonyl (C=O) groups is 2. The fraction of sp³-hybridized carbons (Fsp3) is 0.440. The molecule has 2 aliphatic rings. The first-order chi connectivity index (χ1) is 16.0. The number of amides is 2.